The van der Waals surface area contributed by atoms with Crippen LogP contribution in [-0.2, 0) is 4.79 Å². The van der Waals surface area contributed by atoms with Gasteiger partial charge in [-0.1, -0.05) is 30.3 Å². The van der Waals surface area contributed by atoms with Gasteiger partial charge < -0.3 is 15.4 Å². The minimum Gasteiger partial charge on any atom is -0.488 e. The van der Waals surface area contributed by atoms with Crippen molar-refractivity contribution in [3.63, 3.8) is 0 Å². The van der Waals surface area contributed by atoms with Crippen LogP contribution in [-0.4, -0.2) is 24.6 Å². The molecule has 0 aliphatic heterocycles. The summed E-state index contributed by atoms with van der Waals surface area (Å²) in [5.74, 6) is 0.315. The number of anilines is 2. The van der Waals surface area contributed by atoms with E-state index in [4.69, 9.17) is 4.74 Å². The Morgan fingerprint density at radius 3 is 2.42 bits per heavy atom. The Balaban J connectivity index is 1.49. The van der Waals surface area contributed by atoms with Crippen LogP contribution < -0.4 is 20.7 Å². The van der Waals surface area contributed by atoms with Crippen molar-refractivity contribution in [3.8, 4) is 5.75 Å². The van der Waals surface area contributed by atoms with Crippen LogP contribution in [0.25, 0.3) is 0 Å². The van der Waals surface area contributed by atoms with Crippen molar-refractivity contribution >= 4 is 23.3 Å². The zero-order valence-corrected chi connectivity index (χ0v) is 14.5. The van der Waals surface area contributed by atoms with Gasteiger partial charge >= 0.3 is 6.03 Å². The molecular formula is C20H23N3O3. The molecule has 0 heterocycles. The van der Waals surface area contributed by atoms with E-state index in [1.807, 2.05) is 30.3 Å². The zero-order chi connectivity index (χ0) is 18.2. The second-order valence-electron chi connectivity index (χ2n) is 6.24. The fourth-order valence-electron chi connectivity index (χ4n) is 2.93. The maximum Gasteiger partial charge on any atom is 0.325 e. The van der Waals surface area contributed by atoms with Gasteiger partial charge in [0.25, 0.3) is 0 Å². The van der Waals surface area contributed by atoms with E-state index in [0.717, 1.165) is 24.3 Å². The van der Waals surface area contributed by atoms with E-state index in [-0.39, 0.29) is 12.6 Å². The number of imide groups is 1. The summed E-state index contributed by atoms with van der Waals surface area (Å²) in [6.07, 6.45) is 4.75. The molecule has 0 unspecified atom stereocenters. The van der Waals surface area contributed by atoms with Gasteiger partial charge in [-0.25, -0.2) is 4.79 Å². The standard InChI is InChI=1S/C20H23N3O3/c24-19(23-20(25)22-15-8-2-1-3-9-15)14-21-17-12-6-7-13-18(17)26-16-10-4-5-11-16/h1-3,6-9,12-13,16,21H,4-5,10-11,14H2,(H2,22,23,24,25). The first kappa shape index (κ1) is 17.8. The predicted molar refractivity (Wildman–Crippen MR) is 101 cm³/mol. The van der Waals surface area contributed by atoms with Gasteiger partial charge in [-0.3, -0.25) is 10.1 Å². The maximum absolute atomic E-state index is 12.0. The summed E-state index contributed by atoms with van der Waals surface area (Å²) in [7, 11) is 0. The number of para-hydroxylation sites is 3. The molecule has 6 nitrogen and oxygen atoms in total. The summed E-state index contributed by atoms with van der Waals surface area (Å²) in [6.45, 7) is -0.0206. The Kier molecular flexibility index (Phi) is 6.09. The lowest BCUT2D eigenvalue weighted by atomic mass is 10.2. The van der Waals surface area contributed by atoms with Crippen LogP contribution in [0.15, 0.2) is 54.6 Å². The molecule has 26 heavy (non-hydrogen) atoms. The molecule has 1 aliphatic rings. The highest BCUT2D eigenvalue weighted by Gasteiger charge is 2.18. The monoisotopic (exact) mass is 353 g/mol. The van der Waals surface area contributed by atoms with E-state index >= 15 is 0 Å². The van der Waals surface area contributed by atoms with E-state index in [1.54, 1.807) is 24.3 Å². The molecule has 0 aromatic heterocycles. The van der Waals surface area contributed by atoms with Gasteiger partial charge in [0.1, 0.15) is 5.75 Å². The lowest BCUT2D eigenvalue weighted by Crippen LogP contribution is -2.38. The van der Waals surface area contributed by atoms with Gasteiger partial charge in [-0.2, -0.15) is 0 Å². The number of hydrogen-bond acceptors (Lipinski definition) is 4. The number of nitrogens with one attached hydrogen (secondary N) is 3. The third kappa shape index (κ3) is 5.24. The van der Waals surface area contributed by atoms with Crippen LogP contribution in [0.1, 0.15) is 25.7 Å². The van der Waals surface area contributed by atoms with Crippen LogP contribution >= 0.6 is 0 Å². The van der Waals surface area contributed by atoms with E-state index in [9.17, 15) is 9.59 Å². The molecular weight excluding hydrogens is 330 g/mol. The number of ether oxygens (including phenoxy) is 1. The lowest BCUT2D eigenvalue weighted by Gasteiger charge is -2.17. The molecule has 6 heteroatoms. The average molecular weight is 353 g/mol. The summed E-state index contributed by atoms with van der Waals surface area (Å²) in [5, 5.41) is 7.95. The second kappa shape index (κ2) is 8.89. The summed E-state index contributed by atoms with van der Waals surface area (Å²) >= 11 is 0. The van der Waals surface area contributed by atoms with Crippen molar-refractivity contribution in [1.82, 2.24) is 5.32 Å². The highest BCUT2D eigenvalue weighted by atomic mass is 16.5. The number of carbonyl (C=O) groups is 2. The highest BCUT2D eigenvalue weighted by Crippen LogP contribution is 2.29. The number of amides is 3. The van der Waals surface area contributed by atoms with Gasteiger partial charge in [0.15, 0.2) is 0 Å². The van der Waals surface area contributed by atoms with Crippen LogP contribution in [0.2, 0.25) is 0 Å². The molecule has 3 N–H and O–H groups in total. The van der Waals surface area contributed by atoms with Gasteiger partial charge in [-0.15, -0.1) is 0 Å². The van der Waals surface area contributed by atoms with E-state index in [1.165, 1.54) is 12.8 Å². The van der Waals surface area contributed by atoms with Crippen molar-refractivity contribution in [3.05, 3.63) is 54.6 Å². The summed E-state index contributed by atoms with van der Waals surface area (Å²) in [4.78, 5) is 23.8. The van der Waals surface area contributed by atoms with Gasteiger partial charge in [-0.05, 0) is 49.9 Å². The second-order valence-corrected chi connectivity index (χ2v) is 6.24. The van der Waals surface area contributed by atoms with Crippen LogP contribution in [0.3, 0.4) is 0 Å². The van der Waals surface area contributed by atoms with Crippen molar-refractivity contribution in [1.29, 1.82) is 0 Å². The summed E-state index contributed by atoms with van der Waals surface area (Å²) in [5.41, 5.74) is 1.37. The molecule has 3 rings (SSSR count). The average Bonchev–Trinajstić information content (AvgIpc) is 3.15. The molecule has 2 aromatic carbocycles. The number of urea groups is 1. The molecule has 0 radical (unpaired) electrons. The quantitative estimate of drug-likeness (QED) is 0.739. The maximum atomic E-state index is 12.0. The van der Waals surface area contributed by atoms with Crippen LogP contribution in [0, 0.1) is 0 Å². The Labute approximate surface area is 152 Å². The molecule has 2 aromatic rings. The Morgan fingerprint density at radius 2 is 1.65 bits per heavy atom. The van der Waals surface area contributed by atoms with Crippen LogP contribution in [0.4, 0.5) is 16.2 Å². The first-order valence-corrected chi connectivity index (χ1v) is 8.86. The number of carbonyl (C=O) groups excluding carboxylic acids is 2. The smallest absolute Gasteiger partial charge is 0.325 e. The fraction of sp³-hybridized carbons (Fsp3) is 0.300. The Morgan fingerprint density at radius 1 is 0.962 bits per heavy atom. The third-order valence-corrected chi connectivity index (χ3v) is 4.21. The van der Waals surface area contributed by atoms with E-state index in [0.29, 0.717) is 5.69 Å². The third-order valence-electron chi connectivity index (χ3n) is 4.21. The molecule has 0 saturated heterocycles. The van der Waals surface area contributed by atoms with Gasteiger partial charge in [0, 0.05) is 5.69 Å². The summed E-state index contributed by atoms with van der Waals surface area (Å²) in [6, 6.07) is 15.9. The molecule has 1 saturated carbocycles. The normalized spacial score (nSPS) is 13.8. The minimum atomic E-state index is -0.557. The van der Waals surface area contributed by atoms with Gasteiger partial charge in [0.2, 0.25) is 5.91 Å². The molecule has 136 valence electrons. The first-order chi connectivity index (χ1) is 12.7. The Bertz CT molecular complexity index is 743. The van der Waals surface area contributed by atoms with Crippen molar-refractivity contribution in [2.24, 2.45) is 0 Å². The summed E-state index contributed by atoms with van der Waals surface area (Å²) < 4.78 is 6.03. The number of benzene rings is 2. The zero-order valence-electron chi connectivity index (χ0n) is 14.5. The Hall–Kier alpha value is -3.02. The van der Waals surface area contributed by atoms with Crippen molar-refractivity contribution in [2.75, 3.05) is 17.2 Å². The molecule has 0 atom stereocenters. The molecule has 1 fully saturated rings. The SMILES string of the molecule is O=C(CNc1ccccc1OC1CCCC1)NC(=O)Nc1ccccc1. The molecule has 0 spiro atoms. The fourth-order valence-corrected chi connectivity index (χ4v) is 2.93. The number of hydrogen-bond donors (Lipinski definition) is 3. The molecule has 1 aliphatic carbocycles. The van der Waals surface area contributed by atoms with Gasteiger partial charge in [0.05, 0.1) is 18.3 Å². The van der Waals surface area contributed by atoms with E-state index in [2.05, 4.69) is 16.0 Å². The largest absolute Gasteiger partial charge is 0.488 e. The van der Waals surface area contributed by atoms with Crippen LogP contribution in [0.5, 0.6) is 5.75 Å². The number of rotatable bonds is 6. The lowest BCUT2D eigenvalue weighted by molar-refractivity contribution is -0.118. The minimum absolute atomic E-state index is 0.0206. The topological polar surface area (TPSA) is 79.5 Å². The van der Waals surface area contributed by atoms with E-state index < -0.39 is 11.9 Å². The van der Waals surface area contributed by atoms with Crippen molar-refractivity contribution in [2.45, 2.75) is 31.8 Å². The van der Waals surface area contributed by atoms with Crippen molar-refractivity contribution < 1.29 is 14.3 Å². The molecule has 0 bridgehead atoms. The molecule has 3 amide bonds. The highest BCUT2D eigenvalue weighted by molar-refractivity contribution is 6.02. The predicted octanol–water partition coefficient (Wildman–Crippen LogP) is 3.77. The first-order valence-electron chi connectivity index (χ1n) is 8.86.